The summed E-state index contributed by atoms with van der Waals surface area (Å²) in [5, 5.41) is 1.07. The molecule has 2 heterocycles. The van der Waals surface area contributed by atoms with Gasteiger partial charge in [0.05, 0.1) is 10.2 Å². The Balaban J connectivity index is 1.49. The van der Waals surface area contributed by atoms with Gasteiger partial charge in [-0.25, -0.2) is 4.98 Å². The molecule has 4 rings (SSSR count). The molecule has 1 aromatic heterocycles. The Morgan fingerprint density at radius 2 is 1.69 bits per heavy atom. The first-order valence-electron chi connectivity index (χ1n) is 9.01. The zero-order chi connectivity index (χ0) is 18.3. The Bertz CT molecular complexity index is 971. The molecule has 5 heteroatoms. The van der Waals surface area contributed by atoms with Crippen molar-refractivity contribution in [3.05, 3.63) is 58.7 Å². The molecular formula is C21H23N3OS. The average Bonchev–Trinajstić information content (AvgIpc) is 3.10. The first kappa shape index (κ1) is 17.0. The highest BCUT2D eigenvalue weighted by atomic mass is 32.1. The number of nitrogens with zero attached hydrogens (tertiary/aromatic N) is 3. The molecule has 134 valence electrons. The predicted molar refractivity (Wildman–Crippen MR) is 108 cm³/mol. The molecule has 1 saturated heterocycles. The number of carbonyl (C=O) groups is 1. The van der Waals surface area contributed by atoms with Gasteiger partial charge in [-0.2, -0.15) is 0 Å². The van der Waals surface area contributed by atoms with Gasteiger partial charge in [-0.1, -0.05) is 35.6 Å². The number of piperazine rings is 1. The molecule has 1 fully saturated rings. The van der Waals surface area contributed by atoms with E-state index >= 15 is 0 Å². The molecule has 0 radical (unpaired) electrons. The van der Waals surface area contributed by atoms with Crippen LogP contribution in [-0.4, -0.2) is 42.0 Å². The van der Waals surface area contributed by atoms with Gasteiger partial charge in [-0.3, -0.25) is 4.79 Å². The summed E-state index contributed by atoms with van der Waals surface area (Å²) in [6.07, 6.45) is 0. The molecule has 1 amide bonds. The largest absolute Gasteiger partial charge is 0.345 e. The van der Waals surface area contributed by atoms with Gasteiger partial charge in [0.2, 0.25) is 0 Å². The van der Waals surface area contributed by atoms with E-state index in [0.29, 0.717) is 0 Å². The Hall–Kier alpha value is -2.40. The Kier molecular flexibility index (Phi) is 4.41. The van der Waals surface area contributed by atoms with Crippen LogP contribution in [0.15, 0.2) is 36.4 Å². The molecule has 0 spiro atoms. The summed E-state index contributed by atoms with van der Waals surface area (Å²) in [5.74, 6) is 0.138. The fourth-order valence-electron chi connectivity index (χ4n) is 3.43. The number of hydrogen-bond acceptors (Lipinski definition) is 4. The van der Waals surface area contributed by atoms with Gasteiger partial charge in [0, 0.05) is 31.7 Å². The van der Waals surface area contributed by atoms with Crippen molar-refractivity contribution in [2.45, 2.75) is 20.8 Å². The second-order valence-electron chi connectivity index (χ2n) is 6.94. The number of benzene rings is 2. The zero-order valence-corrected chi connectivity index (χ0v) is 16.3. The molecule has 0 N–H and O–H groups in total. The molecule has 26 heavy (non-hydrogen) atoms. The van der Waals surface area contributed by atoms with Crippen LogP contribution in [0, 0.1) is 20.8 Å². The highest BCUT2D eigenvalue weighted by molar-refractivity contribution is 7.22. The van der Waals surface area contributed by atoms with Crippen LogP contribution >= 0.6 is 11.3 Å². The SMILES string of the molecule is Cc1ccccc1C(=O)N1CCN(c2nc3c(C)c(C)ccc3s2)CC1. The number of aryl methyl sites for hydroxylation is 3. The standard InChI is InChI=1S/C21H23N3OS/c1-14-8-9-18-19(16(14)3)22-21(26-18)24-12-10-23(11-13-24)20(25)17-7-5-4-6-15(17)2/h4-9H,10-13H2,1-3H3. The number of rotatable bonds is 2. The van der Waals surface area contributed by atoms with Crippen molar-refractivity contribution < 1.29 is 4.79 Å². The number of fused-ring (bicyclic) bond motifs is 1. The lowest BCUT2D eigenvalue weighted by molar-refractivity contribution is 0.0746. The van der Waals surface area contributed by atoms with E-state index in [1.54, 1.807) is 11.3 Å². The van der Waals surface area contributed by atoms with Crippen molar-refractivity contribution in [3.8, 4) is 0 Å². The Morgan fingerprint density at radius 1 is 0.962 bits per heavy atom. The lowest BCUT2D eigenvalue weighted by Gasteiger charge is -2.34. The van der Waals surface area contributed by atoms with Crippen LogP contribution in [0.3, 0.4) is 0 Å². The van der Waals surface area contributed by atoms with Crippen LogP contribution in [0.2, 0.25) is 0 Å². The van der Waals surface area contributed by atoms with E-state index in [4.69, 9.17) is 4.98 Å². The second kappa shape index (κ2) is 6.72. The molecule has 0 atom stereocenters. The number of amides is 1. The van der Waals surface area contributed by atoms with Gasteiger partial charge in [-0.05, 0) is 49.6 Å². The molecule has 4 nitrogen and oxygen atoms in total. The third-order valence-electron chi connectivity index (χ3n) is 5.29. The molecule has 0 saturated carbocycles. The third kappa shape index (κ3) is 2.97. The first-order valence-corrected chi connectivity index (χ1v) is 9.83. The van der Waals surface area contributed by atoms with Crippen LogP contribution in [0.1, 0.15) is 27.0 Å². The van der Waals surface area contributed by atoms with Crippen LogP contribution < -0.4 is 4.90 Å². The normalized spacial score (nSPS) is 14.9. The predicted octanol–water partition coefficient (Wildman–Crippen LogP) is 4.18. The van der Waals surface area contributed by atoms with Crippen LogP contribution in [0.25, 0.3) is 10.2 Å². The Labute approximate surface area is 158 Å². The Morgan fingerprint density at radius 3 is 2.42 bits per heavy atom. The van der Waals surface area contributed by atoms with Crippen LogP contribution in [-0.2, 0) is 0 Å². The van der Waals surface area contributed by atoms with Crippen molar-refractivity contribution in [2.75, 3.05) is 31.1 Å². The maximum Gasteiger partial charge on any atom is 0.254 e. The first-order chi connectivity index (χ1) is 12.5. The number of carbonyl (C=O) groups excluding carboxylic acids is 1. The molecule has 3 aromatic rings. The third-order valence-corrected chi connectivity index (χ3v) is 6.37. The fraction of sp³-hybridized carbons (Fsp3) is 0.333. The topological polar surface area (TPSA) is 36.4 Å². The van der Waals surface area contributed by atoms with Crippen molar-refractivity contribution in [1.82, 2.24) is 9.88 Å². The molecule has 0 unspecified atom stereocenters. The van der Waals surface area contributed by atoms with Gasteiger partial charge in [-0.15, -0.1) is 0 Å². The number of hydrogen-bond donors (Lipinski definition) is 0. The average molecular weight is 366 g/mol. The lowest BCUT2D eigenvalue weighted by Crippen LogP contribution is -2.48. The van der Waals surface area contributed by atoms with Crippen molar-refractivity contribution >= 4 is 32.6 Å². The molecule has 0 bridgehead atoms. The summed E-state index contributed by atoms with van der Waals surface area (Å²) in [7, 11) is 0. The number of anilines is 1. The van der Waals surface area contributed by atoms with E-state index in [0.717, 1.165) is 48.0 Å². The summed E-state index contributed by atoms with van der Waals surface area (Å²) >= 11 is 1.75. The summed E-state index contributed by atoms with van der Waals surface area (Å²) in [6.45, 7) is 9.39. The summed E-state index contributed by atoms with van der Waals surface area (Å²) < 4.78 is 1.24. The molecule has 0 aliphatic carbocycles. The van der Waals surface area contributed by atoms with Gasteiger partial charge in [0.25, 0.3) is 5.91 Å². The quantitative estimate of drug-likeness (QED) is 0.683. The van der Waals surface area contributed by atoms with Crippen molar-refractivity contribution in [2.24, 2.45) is 0 Å². The summed E-state index contributed by atoms with van der Waals surface area (Å²) in [4.78, 5) is 21.9. The lowest BCUT2D eigenvalue weighted by atomic mass is 10.1. The molecule has 1 aliphatic heterocycles. The minimum atomic E-state index is 0.138. The van der Waals surface area contributed by atoms with E-state index in [9.17, 15) is 4.79 Å². The summed E-state index contributed by atoms with van der Waals surface area (Å²) in [5.41, 5.74) is 5.51. The van der Waals surface area contributed by atoms with Crippen molar-refractivity contribution in [1.29, 1.82) is 0 Å². The fourth-order valence-corrected chi connectivity index (χ4v) is 4.51. The van der Waals surface area contributed by atoms with Crippen molar-refractivity contribution in [3.63, 3.8) is 0 Å². The van der Waals surface area contributed by atoms with Crippen LogP contribution in [0.5, 0.6) is 0 Å². The number of aromatic nitrogens is 1. The monoisotopic (exact) mass is 365 g/mol. The van der Waals surface area contributed by atoms with E-state index < -0.39 is 0 Å². The maximum absolute atomic E-state index is 12.8. The second-order valence-corrected chi connectivity index (χ2v) is 7.95. The molecule has 2 aromatic carbocycles. The van der Waals surface area contributed by atoms with E-state index in [1.165, 1.54) is 15.8 Å². The van der Waals surface area contributed by atoms with Gasteiger partial charge >= 0.3 is 0 Å². The highest BCUT2D eigenvalue weighted by Gasteiger charge is 2.24. The summed E-state index contributed by atoms with van der Waals surface area (Å²) in [6, 6.07) is 12.1. The van der Waals surface area contributed by atoms with E-state index in [2.05, 4.69) is 30.9 Å². The smallest absolute Gasteiger partial charge is 0.254 e. The highest BCUT2D eigenvalue weighted by Crippen LogP contribution is 2.32. The van der Waals surface area contributed by atoms with Gasteiger partial charge in [0.1, 0.15) is 0 Å². The van der Waals surface area contributed by atoms with Crippen LogP contribution in [0.4, 0.5) is 5.13 Å². The molecule has 1 aliphatic rings. The van der Waals surface area contributed by atoms with E-state index in [1.807, 2.05) is 36.1 Å². The molecular weight excluding hydrogens is 342 g/mol. The number of thiazole rings is 1. The minimum absolute atomic E-state index is 0.138. The van der Waals surface area contributed by atoms with Gasteiger partial charge in [0.15, 0.2) is 5.13 Å². The zero-order valence-electron chi connectivity index (χ0n) is 15.5. The minimum Gasteiger partial charge on any atom is -0.345 e. The van der Waals surface area contributed by atoms with Gasteiger partial charge < -0.3 is 9.80 Å². The van der Waals surface area contributed by atoms with E-state index in [-0.39, 0.29) is 5.91 Å². The maximum atomic E-state index is 12.8.